The van der Waals surface area contributed by atoms with E-state index in [1.54, 1.807) is 0 Å². The first-order valence-corrected chi connectivity index (χ1v) is 27.1. The third-order valence-electron chi connectivity index (χ3n) is 16.5. The Morgan fingerprint density at radius 3 is 1.47 bits per heavy atom. The topological polar surface area (TPSA) is 13.1 Å². The number of anilines is 3. The third kappa shape index (κ3) is 7.42. The van der Waals surface area contributed by atoms with Crippen molar-refractivity contribution >= 4 is 60.7 Å². The van der Waals surface area contributed by atoms with Crippen LogP contribution in [0.4, 0.5) is 17.1 Å². The van der Waals surface area contributed by atoms with Crippen molar-refractivity contribution in [2.75, 3.05) is 4.90 Å². The second-order valence-electron chi connectivity index (χ2n) is 21.3. The highest BCUT2D eigenvalue weighted by atomic mass is 15.1. The lowest BCUT2D eigenvalue weighted by molar-refractivity contribution is 0.660. The van der Waals surface area contributed by atoms with E-state index >= 15 is 0 Å². The van der Waals surface area contributed by atoms with Gasteiger partial charge in [-0.2, -0.15) is 0 Å². The summed E-state index contributed by atoms with van der Waals surface area (Å²) in [4.78, 5) is 2.37. The summed E-state index contributed by atoms with van der Waals surface area (Å²) in [5.74, 6) is 0. The van der Waals surface area contributed by atoms with Gasteiger partial charge in [0.1, 0.15) is 0 Å². The van der Waals surface area contributed by atoms with Crippen LogP contribution < -0.4 is 4.90 Å². The summed E-state index contributed by atoms with van der Waals surface area (Å²) in [5, 5.41) is 4.94. The van der Waals surface area contributed by atoms with Crippen molar-refractivity contribution in [3.63, 3.8) is 0 Å². The maximum Gasteiger partial charge on any atom is 0.0547 e. The van der Waals surface area contributed by atoms with Crippen LogP contribution in [0, 0.1) is 0 Å². The number of rotatable bonds is 9. The minimum atomic E-state index is -0.120. The fraction of sp³-hybridized carbons (Fsp3) is 0.0400. The van der Waals surface area contributed by atoms with Crippen LogP contribution in [0.25, 0.3) is 111 Å². The first kappa shape index (κ1) is 45.4. The zero-order chi connectivity index (χ0) is 51.9. The van der Waals surface area contributed by atoms with Crippen molar-refractivity contribution in [2.45, 2.75) is 19.3 Å². The zero-order valence-corrected chi connectivity index (χ0v) is 43.5. The average molecular weight is 996 g/mol. The Balaban J connectivity index is 0.915. The summed E-state index contributed by atoms with van der Waals surface area (Å²) in [7, 11) is 0. The van der Waals surface area contributed by atoms with Crippen LogP contribution in [0.2, 0.25) is 0 Å². The van der Waals surface area contributed by atoms with Crippen LogP contribution >= 0.6 is 0 Å². The summed E-state index contributed by atoms with van der Waals surface area (Å²) < 4.78 is 4.88. The highest BCUT2D eigenvalue weighted by molar-refractivity contribution is 6.12. The molecule has 78 heavy (non-hydrogen) atoms. The predicted octanol–water partition coefficient (Wildman–Crippen LogP) is 20.3. The Labute approximate surface area is 454 Å². The summed E-state index contributed by atoms with van der Waals surface area (Å²) in [6, 6.07) is 105. The first-order chi connectivity index (χ1) is 38.4. The van der Waals surface area contributed by atoms with Crippen molar-refractivity contribution < 1.29 is 0 Å². The fourth-order valence-electron chi connectivity index (χ4n) is 12.7. The molecule has 0 bridgehead atoms. The third-order valence-corrected chi connectivity index (χ3v) is 16.5. The maximum atomic E-state index is 2.49. The number of hydrogen-bond acceptors (Lipinski definition) is 1. The van der Waals surface area contributed by atoms with E-state index in [0.717, 1.165) is 50.6 Å². The fourth-order valence-corrected chi connectivity index (χ4v) is 12.7. The number of nitrogens with zero attached hydrogens (tertiary/aromatic N) is 3. The molecule has 0 fully saturated rings. The van der Waals surface area contributed by atoms with Gasteiger partial charge in [0.25, 0.3) is 0 Å². The molecule has 2 heterocycles. The maximum absolute atomic E-state index is 2.49. The van der Waals surface area contributed by atoms with Gasteiger partial charge in [0.05, 0.1) is 22.1 Å². The lowest BCUT2D eigenvalue weighted by atomic mass is 9.82. The van der Waals surface area contributed by atoms with E-state index in [1.807, 2.05) is 0 Å². The summed E-state index contributed by atoms with van der Waals surface area (Å²) in [6.07, 6.45) is 0. The molecule has 0 saturated carbocycles. The molecule has 3 heteroatoms. The molecule has 3 nitrogen and oxygen atoms in total. The minimum absolute atomic E-state index is 0.120. The molecule has 0 spiro atoms. The lowest BCUT2D eigenvalue weighted by Gasteiger charge is -2.26. The Hall–Kier alpha value is -9.96. The Bertz CT molecular complexity index is 4620. The Kier molecular flexibility index (Phi) is 10.6. The first-order valence-electron chi connectivity index (χ1n) is 27.1. The van der Waals surface area contributed by atoms with E-state index < -0.39 is 0 Å². The largest absolute Gasteiger partial charge is 0.310 e. The molecule has 2 aromatic heterocycles. The van der Waals surface area contributed by atoms with Gasteiger partial charge in [-0.25, -0.2) is 0 Å². The van der Waals surface area contributed by atoms with Crippen molar-refractivity contribution in [1.29, 1.82) is 0 Å². The van der Waals surface area contributed by atoms with Crippen molar-refractivity contribution in [2.24, 2.45) is 0 Å². The molecule has 0 radical (unpaired) electrons. The molecule has 0 atom stereocenters. The van der Waals surface area contributed by atoms with Crippen LogP contribution in [0.1, 0.15) is 25.0 Å². The van der Waals surface area contributed by atoms with E-state index in [2.05, 4.69) is 313 Å². The highest BCUT2D eigenvalue weighted by Crippen LogP contribution is 2.50. The van der Waals surface area contributed by atoms with Crippen molar-refractivity contribution in [1.82, 2.24) is 9.13 Å². The normalized spacial score (nSPS) is 12.6. The van der Waals surface area contributed by atoms with Gasteiger partial charge in [0, 0.05) is 55.4 Å². The van der Waals surface area contributed by atoms with Crippen LogP contribution in [0.3, 0.4) is 0 Å². The van der Waals surface area contributed by atoms with E-state index in [-0.39, 0.29) is 5.41 Å². The van der Waals surface area contributed by atoms with E-state index in [1.165, 1.54) is 88.2 Å². The molecule has 12 aromatic carbocycles. The van der Waals surface area contributed by atoms with Gasteiger partial charge in [0.2, 0.25) is 0 Å². The Morgan fingerprint density at radius 2 is 0.744 bits per heavy atom. The van der Waals surface area contributed by atoms with Gasteiger partial charge in [-0.05, 0) is 176 Å². The van der Waals surface area contributed by atoms with Crippen LogP contribution in [0.5, 0.6) is 0 Å². The number of hydrogen-bond donors (Lipinski definition) is 0. The number of benzene rings is 12. The molecule has 14 aromatic rings. The van der Waals surface area contributed by atoms with Crippen LogP contribution in [-0.4, -0.2) is 9.13 Å². The lowest BCUT2D eigenvalue weighted by Crippen LogP contribution is -2.15. The molecular weight excluding hydrogens is 943 g/mol. The molecular formula is C75H53N3. The van der Waals surface area contributed by atoms with E-state index in [0.29, 0.717) is 0 Å². The number of para-hydroxylation sites is 4. The van der Waals surface area contributed by atoms with Gasteiger partial charge in [-0.3, -0.25) is 0 Å². The molecule has 368 valence electrons. The molecule has 0 amide bonds. The van der Waals surface area contributed by atoms with Gasteiger partial charge in [-0.1, -0.05) is 190 Å². The minimum Gasteiger partial charge on any atom is -0.310 e. The van der Waals surface area contributed by atoms with Gasteiger partial charge in [-0.15, -0.1) is 0 Å². The van der Waals surface area contributed by atoms with E-state index in [9.17, 15) is 0 Å². The second-order valence-corrected chi connectivity index (χ2v) is 21.3. The van der Waals surface area contributed by atoms with Gasteiger partial charge >= 0.3 is 0 Å². The molecule has 0 aliphatic heterocycles. The van der Waals surface area contributed by atoms with Crippen molar-refractivity contribution in [3.8, 4) is 67.0 Å². The summed E-state index contributed by atoms with van der Waals surface area (Å²) >= 11 is 0. The molecule has 0 N–H and O–H groups in total. The van der Waals surface area contributed by atoms with Gasteiger partial charge in [0.15, 0.2) is 0 Å². The Morgan fingerprint density at radius 1 is 0.256 bits per heavy atom. The smallest absolute Gasteiger partial charge is 0.0547 e. The van der Waals surface area contributed by atoms with E-state index in [4.69, 9.17) is 0 Å². The second kappa shape index (κ2) is 18.1. The van der Waals surface area contributed by atoms with Gasteiger partial charge < -0.3 is 14.0 Å². The molecule has 1 aliphatic rings. The van der Waals surface area contributed by atoms with Crippen molar-refractivity contribution in [3.05, 3.63) is 296 Å². The summed E-state index contributed by atoms with van der Waals surface area (Å²) in [5.41, 5.74) is 24.9. The summed E-state index contributed by atoms with van der Waals surface area (Å²) in [6.45, 7) is 4.74. The molecule has 1 aliphatic carbocycles. The quantitative estimate of drug-likeness (QED) is 0.140. The number of aromatic nitrogens is 2. The van der Waals surface area contributed by atoms with Crippen LogP contribution in [0.15, 0.2) is 285 Å². The monoisotopic (exact) mass is 995 g/mol. The molecule has 0 saturated heterocycles. The molecule has 0 unspecified atom stereocenters. The standard InChI is InChI=1S/C75H53N3/c1-75(2)69-30-15-12-27-63(69)64-41-39-62(49-70(64)75)78-71-31-16-13-28-65(71)67-40-35-54(48-74(67)78)57-44-55(43-56(45-57)53-36-42-73-68(47-53)66-29-14-17-32-72(66)77(73)59-24-10-5-11-25-59)52-21-18-26-61(46-52)76(58-22-8-4-9-23-58)60-37-33-51(34-38-60)50-19-6-3-7-20-50/h3-49H,1-2H3. The SMILES string of the molecule is CC1(C)c2ccccc2-c2ccc(-n3c4ccccc4c4ccc(-c5cc(-c6cccc(N(c7ccccc7)c7ccc(-c8ccccc8)cc7)c6)cc(-c6ccc7c(c6)c6ccccc6n7-c6ccccc6)c5)cc43)cc21. The predicted molar refractivity (Wildman–Crippen MR) is 329 cm³/mol. The number of fused-ring (bicyclic) bond motifs is 9. The van der Waals surface area contributed by atoms with Crippen LogP contribution in [-0.2, 0) is 5.41 Å². The zero-order valence-electron chi connectivity index (χ0n) is 43.5. The molecule has 15 rings (SSSR count). The highest BCUT2D eigenvalue weighted by Gasteiger charge is 2.35. The average Bonchev–Trinajstić information content (AvgIpc) is 4.11.